The molecule has 0 fully saturated rings. The van der Waals surface area contributed by atoms with Crippen LogP contribution in [0.3, 0.4) is 0 Å². The second-order valence-corrected chi connectivity index (χ2v) is 6.70. The van der Waals surface area contributed by atoms with Gasteiger partial charge < -0.3 is 5.32 Å². The molecule has 142 valence electrons. The first-order chi connectivity index (χ1) is 12.8. The van der Waals surface area contributed by atoms with Crippen molar-refractivity contribution in [2.24, 2.45) is 0 Å². The van der Waals surface area contributed by atoms with Gasteiger partial charge in [-0.3, -0.25) is 0 Å². The molecule has 2 atom stereocenters. The molecule has 3 aromatic rings. The summed E-state index contributed by atoms with van der Waals surface area (Å²) in [6.45, 7) is 2.03. The monoisotopic (exact) mass is 375 g/mol. The summed E-state index contributed by atoms with van der Waals surface area (Å²) in [6, 6.07) is 18.8. The number of halogens is 4. The van der Waals surface area contributed by atoms with Gasteiger partial charge in [0.25, 0.3) is 0 Å². The molecule has 1 nitrogen and oxygen atoms in total. The van der Waals surface area contributed by atoms with Gasteiger partial charge in [0.2, 0.25) is 0 Å². The lowest BCUT2D eigenvalue weighted by Crippen LogP contribution is -2.28. The number of alkyl halides is 4. The standard InChI is InChI=1S/C22H21F4N/c1-15(20-11-5-8-17-7-2-3-10-21(17)20)27-14-19(23)13-16-6-4-9-18(12-16)22(24,25)26/h2-12,15,19,27H,13-14H2,1H3/t15-,19+/m1/s1. The molecule has 0 aromatic heterocycles. The number of rotatable bonds is 6. The summed E-state index contributed by atoms with van der Waals surface area (Å²) in [5.74, 6) is 0. The quantitative estimate of drug-likeness (QED) is 0.514. The first-order valence-electron chi connectivity index (χ1n) is 8.86. The van der Waals surface area contributed by atoms with E-state index in [4.69, 9.17) is 0 Å². The van der Waals surface area contributed by atoms with Gasteiger partial charge in [0.05, 0.1) is 5.56 Å². The Morgan fingerprint density at radius 1 is 0.926 bits per heavy atom. The van der Waals surface area contributed by atoms with Gasteiger partial charge in [-0.15, -0.1) is 0 Å². The maximum Gasteiger partial charge on any atom is 0.416 e. The number of fused-ring (bicyclic) bond motifs is 1. The molecule has 3 aromatic carbocycles. The molecule has 0 saturated heterocycles. The fourth-order valence-electron chi connectivity index (χ4n) is 3.25. The highest BCUT2D eigenvalue weighted by Crippen LogP contribution is 2.30. The first-order valence-corrected chi connectivity index (χ1v) is 8.86. The van der Waals surface area contributed by atoms with Gasteiger partial charge in [-0.05, 0) is 34.9 Å². The van der Waals surface area contributed by atoms with E-state index in [-0.39, 0.29) is 19.0 Å². The third-order valence-corrected chi connectivity index (χ3v) is 4.65. The highest BCUT2D eigenvalue weighted by Gasteiger charge is 2.30. The normalized spacial score (nSPS) is 14.3. The zero-order valence-corrected chi connectivity index (χ0v) is 14.9. The van der Waals surface area contributed by atoms with E-state index >= 15 is 0 Å². The van der Waals surface area contributed by atoms with E-state index < -0.39 is 17.9 Å². The summed E-state index contributed by atoms with van der Waals surface area (Å²) >= 11 is 0. The molecule has 0 heterocycles. The van der Waals surface area contributed by atoms with Crippen molar-refractivity contribution in [1.82, 2.24) is 5.32 Å². The molecular weight excluding hydrogens is 354 g/mol. The van der Waals surface area contributed by atoms with Crippen LogP contribution in [-0.4, -0.2) is 12.7 Å². The molecule has 1 N–H and O–H groups in total. The smallest absolute Gasteiger partial charge is 0.307 e. The zero-order valence-electron chi connectivity index (χ0n) is 14.9. The van der Waals surface area contributed by atoms with Crippen LogP contribution in [0.4, 0.5) is 17.6 Å². The average molecular weight is 375 g/mol. The van der Waals surface area contributed by atoms with Gasteiger partial charge in [-0.25, -0.2) is 4.39 Å². The molecule has 5 heteroatoms. The Hall–Kier alpha value is -2.40. The minimum Gasteiger partial charge on any atom is -0.307 e. The van der Waals surface area contributed by atoms with E-state index in [0.29, 0.717) is 5.56 Å². The predicted octanol–water partition coefficient (Wildman–Crippen LogP) is 6.09. The van der Waals surface area contributed by atoms with Gasteiger partial charge in [0, 0.05) is 19.0 Å². The van der Waals surface area contributed by atoms with E-state index in [1.807, 2.05) is 49.4 Å². The Labute approximate surface area is 156 Å². The summed E-state index contributed by atoms with van der Waals surface area (Å²) in [4.78, 5) is 0. The van der Waals surface area contributed by atoms with Crippen molar-refractivity contribution in [2.45, 2.75) is 31.7 Å². The fraction of sp³-hybridized carbons (Fsp3) is 0.273. The van der Waals surface area contributed by atoms with Gasteiger partial charge in [0.1, 0.15) is 6.17 Å². The minimum atomic E-state index is -4.41. The van der Waals surface area contributed by atoms with Crippen LogP contribution in [0.2, 0.25) is 0 Å². The fourth-order valence-corrected chi connectivity index (χ4v) is 3.25. The van der Waals surface area contributed by atoms with E-state index in [1.54, 1.807) is 0 Å². The molecule has 27 heavy (non-hydrogen) atoms. The Morgan fingerprint density at radius 2 is 1.63 bits per heavy atom. The number of benzene rings is 3. The van der Waals surface area contributed by atoms with Crippen molar-refractivity contribution < 1.29 is 17.6 Å². The van der Waals surface area contributed by atoms with Crippen LogP contribution in [0, 0.1) is 0 Å². The summed E-state index contributed by atoms with van der Waals surface area (Å²) in [7, 11) is 0. The largest absolute Gasteiger partial charge is 0.416 e. The highest BCUT2D eigenvalue weighted by atomic mass is 19.4. The molecule has 0 unspecified atom stereocenters. The van der Waals surface area contributed by atoms with Crippen molar-refractivity contribution in [1.29, 1.82) is 0 Å². The Balaban J connectivity index is 1.63. The van der Waals surface area contributed by atoms with Gasteiger partial charge in [0.15, 0.2) is 0 Å². The predicted molar refractivity (Wildman–Crippen MR) is 100 cm³/mol. The van der Waals surface area contributed by atoms with Crippen LogP contribution in [0.15, 0.2) is 66.7 Å². The molecule has 3 rings (SSSR count). The summed E-state index contributed by atoms with van der Waals surface area (Å²) in [5, 5.41) is 5.38. The molecular formula is C22H21F4N. The second kappa shape index (κ2) is 8.09. The number of nitrogens with one attached hydrogen (secondary N) is 1. The van der Waals surface area contributed by atoms with E-state index in [1.165, 1.54) is 12.1 Å². The maximum absolute atomic E-state index is 14.4. The highest BCUT2D eigenvalue weighted by molar-refractivity contribution is 5.86. The van der Waals surface area contributed by atoms with Crippen LogP contribution in [-0.2, 0) is 12.6 Å². The van der Waals surface area contributed by atoms with Crippen LogP contribution < -0.4 is 5.32 Å². The van der Waals surface area contributed by atoms with Crippen molar-refractivity contribution in [3.63, 3.8) is 0 Å². The average Bonchev–Trinajstić information content (AvgIpc) is 2.65. The molecule has 0 saturated carbocycles. The molecule has 0 bridgehead atoms. The lowest BCUT2D eigenvalue weighted by Gasteiger charge is -2.18. The first kappa shape index (κ1) is 19.4. The topological polar surface area (TPSA) is 12.0 Å². The zero-order chi connectivity index (χ0) is 19.4. The van der Waals surface area contributed by atoms with Gasteiger partial charge in [-0.2, -0.15) is 13.2 Å². The molecule has 0 amide bonds. The lowest BCUT2D eigenvalue weighted by atomic mass is 9.99. The van der Waals surface area contributed by atoms with Crippen molar-refractivity contribution >= 4 is 10.8 Å². The van der Waals surface area contributed by atoms with Gasteiger partial charge >= 0.3 is 6.18 Å². The van der Waals surface area contributed by atoms with E-state index in [2.05, 4.69) is 5.32 Å². The van der Waals surface area contributed by atoms with Crippen LogP contribution in [0.5, 0.6) is 0 Å². The third-order valence-electron chi connectivity index (χ3n) is 4.65. The van der Waals surface area contributed by atoms with Gasteiger partial charge in [-0.1, -0.05) is 60.7 Å². The molecule has 0 radical (unpaired) electrons. The van der Waals surface area contributed by atoms with Crippen molar-refractivity contribution in [2.75, 3.05) is 6.54 Å². The summed E-state index contributed by atoms with van der Waals surface area (Å²) in [5.41, 5.74) is 0.667. The minimum absolute atomic E-state index is 0.0564. The Kier molecular flexibility index (Phi) is 5.80. The SMILES string of the molecule is C[C@@H](NC[C@@H](F)Cc1cccc(C(F)(F)F)c1)c1cccc2ccccc12. The summed E-state index contributed by atoms with van der Waals surface area (Å²) in [6.07, 6.45) is -5.74. The van der Waals surface area contributed by atoms with Crippen LogP contribution >= 0.6 is 0 Å². The molecule has 0 aliphatic heterocycles. The number of hydrogen-bond acceptors (Lipinski definition) is 1. The van der Waals surface area contributed by atoms with E-state index in [9.17, 15) is 17.6 Å². The van der Waals surface area contributed by atoms with Crippen molar-refractivity contribution in [3.05, 3.63) is 83.4 Å². The lowest BCUT2D eigenvalue weighted by molar-refractivity contribution is -0.137. The van der Waals surface area contributed by atoms with Crippen LogP contribution in [0.25, 0.3) is 10.8 Å². The Morgan fingerprint density at radius 3 is 2.41 bits per heavy atom. The molecule has 0 spiro atoms. The maximum atomic E-state index is 14.4. The Bertz CT molecular complexity index is 899. The molecule has 0 aliphatic rings. The third kappa shape index (κ3) is 4.86. The van der Waals surface area contributed by atoms with Crippen molar-refractivity contribution in [3.8, 4) is 0 Å². The molecule has 0 aliphatic carbocycles. The van der Waals surface area contributed by atoms with E-state index in [0.717, 1.165) is 28.5 Å². The second-order valence-electron chi connectivity index (χ2n) is 6.70. The van der Waals surface area contributed by atoms with Crippen LogP contribution in [0.1, 0.15) is 29.7 Å². The number of hydrogen-bond donors (Lipinski definition) is 1. The summed E-state index contributed by atoms with van der Waals surface area (Å²) < 4.78 is 52.7.